The summed E-state index contributed by atoms with van der Waals surface area (Å²) in [5.41, 5.74) is 1.31. The first kappa shape index (κ1) is 19.4. The predicted octanol–water partition coefficient (Wildman–Crippen LogP) is 2.66. The van der Waals surface area contributed by atoms with Crippen molar-refractivity contribution in [2.24, 2.45) is 5.92 Å². The molecule has 0 unspecified atom stereocenters. The Labute approximate surface area is 160 Å². The third-order valence-corrected chi connectivity index (χ3v) is 6.00. The second-order valence-corrected chi connectivity index (χ2v) is 8.60. The van der Waals surface area contributed by atoms with Crippen LogP contribution in [0.2, 0.25) is 0 Å². The molecule has 0 saturated heterocycles. The van der Waals surface area contributed by atoms with E-state index in [4.69, 9.17) is 4.74 Å². The van der Waals surface area contributed by atoms with Crippen LogP contribution in [0.1, 0.15) is 28.8 Å². The topological polar surface area (TPSA) is 75.7 Å². The van der Waals surface area contributed by atoms with E-state index in [-0.39, 0.29) is 10.8 Å². The number of methoxy groups -OCH3 is 1. The molecule has 27 heavy (non-hydrogen) atoms. The first-order valence-corrected chi connectivity index (χ1v) is 10.4. The fourth-order valence-corrected chi connectivity index (χ4v) is 3.89. The lowest BCUT2D eigenvalue weighted by molar-refractivity contribution is 0.0785. The molecule has 1 aliphatic rings. The van der Waals surface area contributed by atoms with E-state index < -0.39 is 10.0 Å². The SMILES string of the molecule is COc1ccc(CN(C)C(=O)c2cccc(S(=O)(=O)NCC3CC3)c2)cc1. The lowest BCUT2D eigenvalue weighted by Gasteiger charge is -2.18. The number of nitrogens with zero attached hydrogens (tertiary/aromatic N) is 1. The molecule has 3 rings (SSSR count). The van der Waals surface area contributed by atoms with E-state index >= 15 is 0 Å². The molecular formula is C20H24N2O4S. The molecule has 2 aromatic carbocycles. The highest BCUT2D eigenvalue weighted by Gasteiger charge is 2.25. The van der Waals surface area contributed by atoms with Crippen LogP contribution >= 0.6 is 0 Å². The molecule has 1 saturated carbocycles. The van der Waals surface area contributed by atoms with Crippen molar-refractivity contribution in [3.05, 3.63) is 59.7 Å². The quantitative estimate of drug-likeness (QED) is 0.754. The summed E-state index contributed by atoms with van der Waals surface area (Å²) in [6.45, 7) is 0.873. The third-order valence-electron chi connectivity index (χ3n) is 4.58. The van der Waals surface area contributed by atoms with Gasteiger partial charge in [-0.15, -0.1) is 0 Å². The maximum atomic E-state index is 12.7. The molecule has 0 bridgehead atoms. The van der Waals surface area contributed by atoms with Gasteiger partial charge < -0.3 is 9.64 Å². The van der Waals surface area contributed by atoms with Gasteiger partial charge in [0.05, 0.1) is 12.0 Å². The van der Waals surface area contributed by atoms with Crippen LogP contribution in [0, 0.1) is 5.92 Å². The molecule has 1 fully saturated rings. The van der Waals surface area contributed by atoms with Crippen molar-refractivity contribution in [3.8, 4) is 5.75 Å². The van der Waals surface area contributed by atoms with Gasteiger partial charge in [-0.05, 0) is 54.7 Å². The molecule has 0 aromatic heterocycles. The summed E-state index contributed by atoms with van der Waals surface area (Å²) in [6, 6.07) is 13.6. The minimum absolute atomic E-state index is 0.117. The smallest absolute Gasteiger partial charge is 0.253 e. The zero-order chi connectivity index (χ0) is 19.4. The fourth-order valence-electron chi connectivity index (χ4n) is 2.73. The van der Waals surface area contributed by atoms with Gasteiger partial charge in [0.1, 0.15) is 5.75 Å². The Morgan fingerprint density at radius 3 is 2.52 bits per heavy atom. The van der Waals surface area contributed by atoms with Crippen LogP contribution < -0.4 is 9.46 Å². The second kappa shape index (κ2) is 8.10. The molecule has 144 valence electrons. The van der Waals surface area contributed by atoms with Gasteiger partial charge in [0, 0.05) is 25.7 Å². The van der Waals surface area contributed by atoms with E-state index in [1.807, 2.05) is 24.3 Å². The van der Waals surface area contributed by atoms with E-state index in [0.29, 0.717) is 24.6 Å². The standard InChI is InChI=1S/C20H24N2O4S/c1-22(14-16-8-10-18(26-2)11-9-16)20(23)17-4-3-5-19(12-17)27(24,25)21-13-15-6-7-15/h3-5,8-12,15,21H,6-7,13-14H2,1-2H3. The minimum Gasteiger partial charge on any atom is -0.497 e. The molecule has 1 aliphatic carbocycles. The van der Waals surface area contributed by atoms with E-state index in [2.05, 4.69) is 4.72 Å². The van der Waals surface area contributed by atoms with Crippen LogP contribution in [0.25, 0.3) is 0 Å². The number of benzene rings is 2. The van der Waals surface area contributed by atoms with Crippen molar-refractivity contribution < 1.29 is 17.9 Å². The van der Waals surface area contributed by atoms with Gasteiger partial charge in [0.25, 0.3) is 5.91 Å². The lowest BCUT2D eigenvalue weighted by atomic mass is 10.1. The average molecular weight is 388 g/mol. The van der Waals surface area contributed by atoms with Crippen molar-refractivity contribution in [2.45, 2.75) is 24.3 Å². The van der Waals surface area contributed by atoms with Gasteiger partial charge in [-0.1, -0.05) is 18.2 Å². The van der Waals surface area contributed by atoms with Gasteiger partial charge in [-0.25, -0.2) is 13.1 Å². The Balaban J connectivity index is 1.69. The molecule has 0 aliphatic heterocycles. The van der Waals surface area contributed by atoms with Crippen LogP contribution in [0.5, 0.6) is 5.75 Å². The molecule has 7 heteroatoms. The number of hydrogen-bond donors (Lipinski definition) is 1. The molecule has 2 aromatic rings. The van der Waals surface area contributed by atoms with Crippen LogP contribution in [0.4, 0.5) is 0 Å². The van der Waals surface area contributed by atoms with Crippen LogP contribution in [-0.4, -0.2) is 39.9 Å². The molecular weight excluding hydrogens is 364 g/mol. The zero-order valence-electron chi connectivity index (χ0n) is 15.5. The Hall–Kier alpha value is -2.38. The summed E-state index contributed by atoms with van der Waals surface area (Å²) >= 11 is 0. The van der Waals surface area contributed by atoms with E-state index in [9.17, 15) is 13.2 Å². The summed E-state index contributed by atoms with van der Waals surface area (Å²) in [6.07, 6.45) is 2.13. The maximum absolute atomic E-state index is 12.7. The molecule has 0 atom stereocenters. The van der Waals surface area contributed by atoms with Crippen molar-refractivity contribution in [3.63, 3.8) is 0 Å². The molecule has 0 spiro atoms. The molecule has 1 N–H and O–H groups in total. The predicted molar refractivity (Wildman–Crippen MR) is 103 cm³/mol. The third kappa shape index (κ3) is 5.08. The molecule has 0 heterocycles. The highest BCUT2D eigenvalue weighted by atomic mass is 32.2. The van der Waals surface area contributed by atoms with Gasteiger partial charge in [-0.3, -0.25) is 4.79 Å². The number of rotatable bonds is 8. The van der Waals surface area contributed by atoms with Crippen LogP contribution in [0.3, 0.4) is 0 Å². The first-order valence-electron chi connectivity index (χ1n) is 8.87. The molecule has 0 radical (unpaired) electrons. The minimum atomic E-state index is -3.60. The monoisotopic (exact) mass is 388 g/mol. The van der Waals surface area contributed by atoms with Crippen molar-refractivity contribution >= 4 is 15.9 Å². The number of ether oxygens (including phenoxy) is 1. The lowest BCUT2D eigenvalue weighted by Crippen LogP contribution is -2.28. The second-order valence-electron chi connectivity index (χ2n) is 6.83. The summed E-state index contributed by atoms with van der Waals surface area (Å²) < 4.78 is 32.6. The summed E-state index contributed by atoms with van der Waals surface area (Å²) in [5, 5.41) is 0. The number of carbonyl (C=O) groups is 1. The fraction of sp³-hybridized carbons (Fsp3) is 0.350. The molecule has 6 nitrogen and oxygen atoms in total. The van der Waals surface area contributed by atoms with Gasteiger partial charge >= 0.3 is 0 Å². The van der Waals surface area contributed by atoms with Gasteiger partial charge in [0.15, 0.2) is 0 Å². The van der Waals surface area contributed by atoms with E-state index in [1.54, 1.807) is 31.2 Å². The Morgan fingerprint density at radius 2 is 1.89 bits per heavy atom. The summed E-state index contributed by atoms with van der Waals surface area (Å²) in [7, 11) is -0.302. The van der Waals surface area contributed by atoms with Gasteiger partial charge in [0.2, 0.25) is 10.0 Å². The Bertz CT molecular complexity index is 906. The normalized spacial score (nSPS) is 14.0. The highest BCUT2D eigenvalue weighted by molar-refractivity contribution is 7.89. The number of nitrogens with one attached hydrogen (secondary N) is 1. The summed E-state index contributed by atoms with van der Waals surface area (Å²) in [5.74, 6) is 0.967. The number of sulfonamides is 1. The van der Waals surface area contributed by atoms with Crippen molar-refractivity contribution in [2.75, 3.05) is 20.7 Å². The first-order chi connectivity index (χ1) is 12.9. The number of carbonyl (C=O) groups excluding carboxylic acids is 1. The summed E-state index contributed by atoms with van der Waals surface area (Å²) in [4.78, 5) is 14.4. The van der Waals surface area contributed by atoms with E-state index in [0.717, 1.165) is 24.2 Å². The zero-order valence-corrected chi connectivity index (χ0v) is 16.3. The number of amides is 1. The van der Waals surface area contributed by atoms with Crippen molar-refractivity contribution in [1.29, 1.82) is 0 Å². The van der Waals surface area contributed by atoms with Crippen LogP contribution in [-0.2, 0) is 16.6 Å². The number of hydrogen-bond acceptors (Lipinski definition) is 4. The van der Waals surface area contributed by atoms with Gasteiger partial charge in [-0.2, -0.15) is 0 Å². The molecule has 1 amide bonds. The highest BCUT2D eigenvalue weighted by Crippen LogP contribution is 2.28. The average Bonchev–Trinajstić information content (AvgIpc) is 3.51. The largest absolute Gasteiger partial charge is 0.497 e. The Morgan fingerprint density at radius 1 is 1.19 bits per heavy atom. The van der Waals surface area contributed by atoms with Crippen LogP contribution in [0.15, 0.2) is 53.4 Å². The van der Waals surface area contributed by atoms with E-state index in [1.165, 1.54) is 12.1 Å². The Kier molecular flexibility index (Phi) is 5.82. The van der Waals surface area contributed by atoms with Crippen molar-refractivity contribution in [1.82, 2.24) is 9.62 Å². The maximum Gasteiger partial charge on any atom is 0.253 e.